The van der Waals surface area contributed by atoms with Crippen molar-refractivity contribution < 1.29 is 4.39 Å². The second-order valence-corrected chi connectivity index (χ2v) is 3.65. The van der Waals surface area contributed by atoms with Crippen molar-refractivity contribution in [2.24, 2.45) is 5.73 Å². The first-order chi connectivity index (χ1) is 7.15. The molecule has 1 unspecified atom stereocenters. The first kappa shape index (κ1) is 11.9. The number of halogens is 1. The molecule has 0 radical (unpaired) electrons. The zero-order chi connectivity index (χ0) is 11.3. The van der Waals surface area contributed by atoms with Gasteiger partial charge in [0.15, 0.2) is 0 Å². The van der Waals surface area contributed by atoms with Crippen molar-refractivity contribution in [3.05, 3.63) is 47.8 Å². The van der Waals surface area contributed by atoms with Crippen LogP contribution in [0.5, 0.6) is 0 Å². The van der Waals surface area contributed by atoms with Crippen LogP contribution >= 0.6 is 0 Å². The van der Waals surface area contributed by atoms with Gasteiger partial charge in [0.2, 0.25) is 0 Å². The molecule has 0 aromatic heterocycles. The first-order valence-electron chi connectivity index (χ1n) is 4.97. The third kappa shape index (κ3) is 3.46. The minimum atomic E-state index is -0.220. The summed E-state index contributed by atoms with van der Waals surface area (Å²) in [6, 6.07) is 6.52. The fourth-order valence-corrected chi connectivity index (χ4v) is 1.38. The van der Waals surface area contributed by atoms with Gasteiger partial charge < -0.3 is 11.1 Å². The minimum absolute atomic E-state index is 0.150. The second kappa shape index (κ2) is 5.63. The molecule has 0 aliphatic carbocycles. The maximum Gasteiger partial charge on any atom is 0.128 e. The topological polar surface area (TPSA) is 38.0 Å². The quantitative estimate of drug-likeness (QED) is 0.726. The zero-order valence-electron chi connectivity index (χ0n) is 8.96. The van der Waals surface area contributed by atoms with E-state index < -0.39 is 0 Å². The molecule has 0 heterocycles. The predicted molar refractivity (Wildman–Crippen MR) is 61.0 cm³/mol. The highest BCUT2D eigenvalue weighted by Gasteiger charge is 2.12. The smallest absolute Gasteiger partial charge is 0.128 e. The lowest BCUT2D eigenvalue weighted by Gasteiger charge is -2.17. The van der Waals surface area contributed by atoms with Crippen molar-refractivity contribution in [2.45, 2.75) is 13.0 Å². The molecule has 0 fully saturated rings. The van der Waals surface area contributed by atoms with Crippen LogP contribution in [0.3, 0.4) is 0 Å². The highest BCUT2D eigenvalue weighted by atomic mass is 19.1. The van der Waals surface area contributed by atoms with E-state index in [-0.39, 0.29) is 11.9 Å². The maximum absolute atomic E-state index is 13.4. The Bertz CT molecular complexity index is 336. The third-order valence-corrected chi connectivity index (χ3v) is 2.17. The SMILES string of the molecule is C=C(C)CNC(CN)c1ccccc1F. The van der Waals surface area contributed by atoms with Gasteiger partial charge in [-0.1, -0.05) is 30.4 Å². The molecule has 0 spiro atoms. The number of rotatable bonds is 5. The zero-order valence-corrected chi connectivity index (χ0v) is 8.96. The van der Waals surface area contributed by atoms with E-state index >= 15 is 0 Å². The Labute approximate surface area is 90.0 Å². The van der Waals surface area contributed by atoms with Crippen molar-refractivity contribution >= 4 is 0 Å². The van der Waals surface area contributed by atoms with E-state index in [0.29, 0.717) is 18.7 Å². The van der Waals surface area contributed by atoms with Crippen LogP contribution in [-0.4, -0.2) is 13.1 Å². The monoisotopic (exact) mass is 208 g/mol. The van der Waals surface area contributed by atoms with E-state index in [2.05, 4.69) is 11.9 Å². The lowest BCUT2D eigenvalue weighted by molar-refractivity contribution is 0.523. The number of nitrogens with two attached hydrogens (primary N) is 1. The van der Waals surface area contributed by atoms with E-state index in [9.17, 15) is 4.39 Å². The summed E-state index contributed by atoms with van der Waals surface area (Å²) >= 11 is 0. The molecule has 1 aromatic carbocycles. The average molecular weight is 208 g/mol. The van der Waals surface area contributed by atoms with E-state index in [0.717, 1.165) is 5.57 Å². The molecule has 0 amide bonds. The second-order valence-electron chi connectivity index (χ2n) is 3.65. The Hall–Kier alpha value is -1.19. The van der Waals surface area contributed by atoms with Gasteiger partial charge in [-0.3, -0.25) is 0 Å². The summed E-state index contributed by atoms with van der Waals surface area (Å²) in [7, 11) is 0. The number of hydrogen-bond acceptors (Lipinski definition) is 2. The number of hydrogen-bond donors (Lipinski definition) is 2. The van der Waals surface area contributed by atoms with Gasteiger partial charge in [-0.15, -0.1) is 0 Å². The Morgan fingerprint density at radius 3 is 2.73 bits per heavy atom. The molecule has 1 rings (SSSR count). The highest BCUT2D eigenvalue weighted by Crippen LogP contribution is 2.15. The molecule has 15 heavy (non-hydrogen) atoms. The molecule has 3 N–H and O–H groups in total. The van der Waals surface area contributed by atoms with Gasteiger partial charge >= 0.3 is 0 Å². The van der Waals surface area contributed by atoms with Crippen molar-refractivity contribution in [1.29, 1.82) is 0 Å². The number of benzene rings is 1. The van der Waals surface area contributed by atoms with Gasteiger partial charge in [0, 0.05) is 24.7 Å². The van der Waals surface area contributed by atoms with Crippen LogP contribution in [0, 0.1) is 5.82 Å². The van der Waals surface area contributed by atoms with E-state index in [1.807, 2.05) is 13.0 Å². The summed E-state index contributed by atoms with van der Waals surface area (Å²) < 4.78 is 13.4. The predicted octanol–water partition coefficient (Wildman–Crippen LogP) is 1.99. The Balaban J connectivity index is 2.74. The first-order valence-corrected chi connectivity index (χ1v) is 4.97. The van der Waals surface area contributed by atoms with Crippen LogP contribution in [0.15, 0.2) is 36.4 Å². The molecule has 82 valence electrons. The normalized spacial score (nSPS) is 12.5. The van der Waals surface area contributed by atoms with Crippen LogP contribution in [-0.2, 0) is 0 Å². The molecular weight excluding hydrogens is 191 g/mol. The molecule has 2 nitrogen and oxygen atoms in total. The summed E-state index contributed by atoms with van der Waals surface area (Å²) in [5, 5.41) is 3.16. The average Bonchev–Trinajstić information content (AvgIpc) is 2.21. The fraction of sp³-hybridized carbons (Fsp3) is 0.333. The fourth-order valence-electron chi connectivity index (χ4n) is 1.38. The van der Waals surface area contributed by atoms with Gasteiger partial charge in [0.05, 0.1) is 0 Å². The van der Waals surface area contributed by atoms with Gasteiger partial charge in [-0.25, -0.2) is 4.39 Å². The minimum Gasteiger partial charge on any atom is -0.329 e. The van der Waals surface area contributed by atoms with Crippen LogP contribution in [0.25, 0.3) is 0 Å². The van der Waals surface area contributed by atoms with Crippen molar-refractivity contribution in [1.82, 2.24) is 5.32 Å². The van der Waals surface area contributed by atoms with Crippen LogP contribution in [0.4, 0.5) is 4.39 Å². The third-order valence-electron chi connectivity index (χ3n) is 2.17. The Morgan fingerprint density at radius 1 is 1.53 bits per heavy atom. The molecule has 0 saturated carbocycles. The molecule has 0 bridgehead atoms. The van der Waals surface area contributed by atoms with Gasteiger partial charge in [0.1, 0.15) is 5.82 Å². The summed E-state index contributed by atoms with van der Waals surface area (Å²) in [5.41, 5.74) is 7.22. The van der Waals surface area contributed by atoms with Gasteiger partial charge in [0.25, 0.3) is 0 Å². The molecule has 1 aromatic rings. The standard InChI is InChI=1S/C12H17FN2/c1-9(2)8-15-12(7-14)10-5-3-4-6-11(10)13/h3-6,12,15H,1,7-8,14H2,2H3. The molecule has 0 aliphatic heterocycles. The van der Waals surface area contributed by atoms with E-state index in [4.69, 9.17) is 5.73 Å². The molecule has 0 aliphatic rings. The highest BCUT2D eigenvalue weighted by molar-refractivity contribution is 5.21. The van der Waals surface area contributed by atoms with E-state index in [1.54, 1.807) is 12.1 Å². The summed E-state index contributed by atoms with van der Waals surface area (Å²) in [6.45, 7) is 6.72. The van der Waals surface area contributed by atoms with Crippen molar-refractivity contribution in [3.63, 3.8) is 0 Å². The van der Waals surface area contributed by atoms with Crippen LogP contribution in [0.2, 0.25) is 0 Å². The van der Waals surface area contributed by atoms with Crippen molar-refractivity contribution in [2.75, 3.05) is 13.1 Å². The lowest BCUT2D eigenvalue weighted by atomic mass is 10.1. The van der Waals surface area contributed by atoms with E-state index in [1.165, 1.54) is 6.07 Å². The maximum atomic E-state index is 13.4. The lowest BCUT2D eigenvalue weighted by Crippen LogP contribution is -2.30. The number of nitrogens with one attached hydrogen (secondary N) is 1. The molecular formula is C12H17FN2. The molecule has 1 atom stereocenters. The van der Waals surface area contributed by atoms with Crippen molar-refractivity contribution in [3.8, 4) is 0 Å². The van der Waals surface area contributed by atoms with Crippen LogP contribution in [0.1, 0.15) is 18.5 Å². The van der Waals surface area contributed by atoms with Crippen LogP contribution < -0.4 is 11.1 Å². The summed E-state index contributed by atoms with van der Waals surface area (Å²) in [5.74, 6) is -0.220. The largest absolute Gasteiger partial charge is 0.329 e. The Morgan fingerprint density at radius 2 is 2.20 bits per heavy atom. The molecule has 3 heteroatoms. The van der Waals surface area contributed by atoms with Gasteiger partial charge in [-0.05, 0) is 13.0 Å². The summed E-state index contributed by atoms with van der Waals surface area (Å²) in [6.07, 6.45) is 0. The van der Waals surface area contributed by atoms with Gasteiger partial charge in [-0.2, -0.15) is 0 Å². The Kier molecular flexibility index (Phi) is 4.46. The summed E-state index contributed by atoms with van der Waals surface area (Å²) in [4.78, 5) is 0. The molecule has 0 saturated heterocycles.